The van der Waals surface area contributed by atoms with E-state index < -0.39 is 11.6 Å². The van der Waals surface area contributed by atoms with Crippen molar-refractivity contribution in [1.29, 1.82) is 0 Å². The van der Waals surface area contributed by atoms with Crippen LogP contribution < -0.4 is 10.6 Å². The second kappa shape index (κ2) is 8.60. The molecule has 0 aliphatic carbocycles. The van der Waals surface area contributed by atoms with Crippen LogP contribution in [0.15, 0.2) is 60.8 Å². The Morgan fingerprint density at radius 1 is 1.04 bits per heavy atom. The fourth-order valence-electron chi connectivity index (χ4n) is 2.50. The number of carbonyl (C=O) groups is 1. The molecular formula is C20H16ClF2N3O. The number of nitrogens with zero attached hydrogens (tertiary/aromatic N) is 1. The third-order valence-corrected chi connectivity index (χ3v) is 4.05. The van der Waals surface area contributed by atoms with Gasteiger partial charge in [-0.05, 0) is 48.4 Å². The number of carbonyl (C=O) groups excluding carboxylic acids is 1. The molecule has 0 aliphatic rings. The number of rotatable bonds is 6. The molecule has 4 nitrogen and oxygen atoms in total. The third kappa shape index (κ3) is 5.01. The van der Waals surface area contributed by atoms with Gasteiger partial charge >= 0.3 is 0 Å². The fraction of sp³-hybridized carbons (Fsp3) is 0.100. The first-order valence-electron chi connectivity index (χ1n) is 8.22. The molecule has 0 fully saturated rings. The Bertz CT molecular complexity index is 945. The van der Waals surface area contributed by atoms with Crippen molar-refractivity contribution in [2.24, 2.45) is 0 Å². The lowest BCUT2D eigenvalue weighted by Crippen LogP contribution is -2.26. The van der Waals surface area contributed by atoms with E-state index in [-0.39, 0.29) is 17.3 Å². The Morgan fingerprint density at radius 3 is 2.52 bits per heavy atom. The van der Waals surface area contributed by atoms with Gasteiger partial charge in [-0.25, -0.2) is 8.78 Å². The topological polar surface area (TPSA) is 54.0 Å². The van der Waals surface area contributed by atoms with Gasteiger partial charge in [0.05, 0.1) is 0 Å². The van der Waals surface area contributed by atoms with Crippen molar-refractivity contribution in [3.63, 3.8) is 0 Å². The van der Waals surface area contributed by atoms with Gasteiger partial charge in [0.15, 0.2) is 0 Å². The summed E-state index contributed by atoms with van der Waals surface area (Å²) in [4.78, 5) is 16.3. The van der Waals surface area contributed by atoms with Crippen LogP contribution >= 0.6 is 11.6 Å². The molecule has 138 valence electrons. The second-order valence-electron chi connectivity index (χ2n) is 5.79. The molecule has 2 N–H and O–H groups in total. The number of para-hydroxylation sites is 1. The molecule has 2 aromatic carbocycles. The van der Waals surface area contributed by atoms with E-state index in [4.69, 9.17) is 11.6 Å². The summed E-state index contributed by atoms with van der Waals surface area (Å²) >= 11 is 5.93. The standard InChI is InChI=1S/C20H16ClF2N3O/c21-14-4-1-3-13(11-14)7-9-25-20(27)18-12-15(8-10-24-18)26-19-16(22)5-2-6-17(19)23/h1-6,8,10-12H,7,9H2,(H,24,26)(H,25,27). The van der Waals surface area contributed by atoms with Crippen LogP contribution in [-0.2, 0) is 6.42 Å². The van der Waals surface area contributed by atoms with Crippen molar-refractivity contribution in [3.8, 4) is 0 Å². The van der Waals surface area contributed by atoms with E-state index in [9.17, 15) is 13.6 Å². The highest BCUT2D eigenvalue weighted by atomic mass is 35.5. The molecule has 0 spiro atoms. The first-order valence-corrected chi connectivity index (χ1v) is 8.60. The van der Waals surface area contributed by atoms with Gasteiger partial charge < -0.3 is 10.6 Å². The summed E-state index contributed by atoms with van der Waals surface area (Å²) in [5, 5.41) is 6.04. The molecule has 0 radical (unpaired) electrons. The number of nitrogens with one attached hydrogen (secondary N) is 2. The number of hydrogen-bond acceptors (Lipinski definition) is 3. The number of benzene rings is 2. The molecule has 0 bridgehead atoms. The molecule has 1 amide bonds. The second-order valence-corrected chi connectivity index (χ2v) is 6.22. The van der Waals surface area contributed by atoms with Crippen LogP contribution in [0, 0.1) is 11.6 Å². The predicted octanol–water partition coefficient (Wildman–Crippen LogP) is 4.73. The molecule has 3 rings (SSSR count). The Labute approximate surface area is 160 Å². The normalized spacial score (nSPS) is 10.5. The monoisotopic (exact) mass is 387 g/mol. The van der Waals surface area contributed by atoms with Crippen molar-refractivity contribution in [3.05, 3.63) is 88.7 Å². The van der Waals surface area contributed by atoms with Gasteiger partial charge in [-0.3, -0.25) is 9.78 Å². The quantitative estimate of drug-likeness (QED) is 0.643. The Hall–Kier alpha value is -2.99. The SMILES string of the molecule is O=C(NCCc1cccc(Cl)c1)c1cc(Nc2c(F)cccc2F)ccn1. The molecule has 1 heterocycles. The minimum Gasteiger partial charge on any atom is -0.351 e. The molecule has 3 aromatic rings. The van der Waals surface area contributed by atoms with Crippen molar-refractivity contribution < 1.29 is 13.6 Å². The first kappa shape index (κ1) is 18.8. The minimum atomic E-state index is -0.723. The molecular weight excluding hydrogens is 372 g/mol. The van der Waals surface area contributed by atoms with E-state index in [2.05, 4.69) is 15.6 Å². The summed E-state index contributed by atoms with van der Waals surface area (Å²) in [7, 11) is 0. The summed E-state index contributed by atoms with van der Waals surface area (Å²) in [5.74, 6) is -1.83. The van der Waals surface area contributed by atoms with Crippen LogP contribution in [0.2, 0.25) is 5.02 Å². The van der Waals surface area contributed by atoms with Crippen molar-refractivity contribution in [2.75, 3.05) is 11.9 Å². The van der Waals surface area contributed by atoms with Crippen LogP contribution in [0.25, 0.3) is 0 Å². The van der Waals surface area contributed by atoms with Gasteiger partial charge in [-0.2, -0.15) is 0 Å². The van der Waals surface area contributed by atoms with Crippen LogP contribution in [0.3, 0.4) is 0 Å². The molecule has 0 aliphatic heterocycles. The number of halogens is 3. The average molecular weight is 388 g/mol. The van der Waals surface area contributed by atoms with Crippen LogP contribution in [0.1, 0.15) is 16.1 Å². The maximum absolute atomic E-state index is 13.7. The smallest absolute Gasteiger partial charge is 0.269 e. The Kier molecular flexibility index (Phi) is 5.98. The van der Waals surface area contributed by atoms with E-state index in [1.807, 2.05) is 18.2 Å². The van der Waals surface area contributed by atoms with Crippen LogP contribution in [-0.4, -0.2) is 17.4 Å². The zero-order chi connectivity index (χ0) is 19.2. The van der Waals surface area contributed by atoms with Gasteiger partial charge in [0, 0.05) is 23.5 Å². The van der Waals surface area contributed by atoms with Gasteiger partial charge in [0.25, 0.3) is 5.91 Å². The highest BCUT2D eigenvalue weighted by Gasteiger charge is 2.11. The van der Waals surface area contributed by atoms with Crippen molar-refractivity contribution in [2.45, 2.75) is 6.42 Å². The van der Waals surface area contributed by atoms with E-state index in [1.54, 1.807) is 6.07 Å². The zero-order valence-electron chi connectivity index (χ0n) is 14.2. The highest BCUT2D eigenvalue weighted by molar-refractivity contribution is 6.30. The zero-order valence-corrected chi connectivity index (χ0v) is 14.9. The van der Waals surface area contributed by atoms with Gasteiger partial charge in [-0.15, -0.1) is 0 Å². The number of aromatic nitrogens is 1. The molecule has 0 saturated carbocycles. The van der Waals surface area contributed by atoms with E-state index >= 15 is 0 Å². The van der Waals surface area contributed by atoms with E-state index in [0.717, 1.165) is 17.7 Å². The van der Waals surface area contributed by atoms with Crippen molar-refractivity contribution >= 4 is 28.9 Å². The molecule has 0 unspecified atom stereocenters. The molecule has 7 heteroatoms. The van der Waals surface area contributed by atoms with Crippen LogP contribution in [0.4, 0.5) is 20.2 Å². The van der Waals surface area contributed by atoms with Gasteiger partial charge in [0.2, 0.25) is 0 Å². The average Bonchev–Trinajstić information content (AvgIpc) is 2.65. The lowest BCUT2D eigenvalue weighted by Gasteiger charge is -2.10. The van der Waals surface area contributed by atoms with E-state index in [1.165, 1.54) is 24.4 Å². The number of hydrogen-bond donors (Lipinski definition) is 2. The summed E-state index contributed by atoms with van der Waals surface area (Å²) in [5.41, 5.74) is 1.22. The lowest BCUT2D eigenvalue weighted by atomic mass is 10.1. The van der Waals surface area contributed by atoms with Gasteiger partial charge in [0.1, 0.15) is 23.0 Å². The molecule has 1 aromatic heterocycles. The summed E-state index contributed by atoms with van der Waals surface area (Å²) in [6.07, 6.45) is 2.01. The molecule has 0 saturated heterocycles. The van der Waals surface area contributed by atoms with Crippen LogP contribution in [0.5, 0.6) is 0 Å². The minimum absolute atomic E-state index is 0.142. The molecule has 27 heavy (non-hydrogen) atoms. The largest absolute Gasteiger partial charge is 0.351 e. The number of pyridine rings is 1. The highest BCUT2D eigenvalue weighted by Crippen LogP contribution is 2.23. The summed E-state index contributed by atoms with van der Waals surface area (Å²) < 4.78 is 27.5. The summed E-state index contributed by atoms with van der Waals surface area (Å²) in [6, 6.07) is 13.9. The Morgan fingerprint density at radius 2 is 1.78 bits per heavy atom. The maximum Gasteiger partial charge on any atom is 0.269 e. The number of anilines is 2. The maximum atomic E-state index is 13.7. The number of amides is 1. The van der Waals surface area contributed by atoms with Gasteiger partial charge in [-0.1, -0.05) is 29.8 Å². The molecule has 0 atom stereocenters. The lowest BCUT2D eigenvalue weighted by molar-refractivity contribution is 0.0949. The Balaban J connectivity index is 1.63. The predicted molar refractivity (Wildman–Crippen MR) is 101 cm³/mol. The van der Waals surface area contributed by atoms with Crippen molar-refractivity contribution in [1.82, 2.24) is 10.3 Å². The summed E-state index contributed by atoms with van der Waals surface area (Å²) in [6.45, 7) is 0.403. The third-order valence-electron chi connectivity index (χ3n) is 3.81. The fourth-order valence-corrected chi connectivity index (χ4v) is 2.71. The first-order chi connectivity index (χ1) is 13.0. The van der Waals surface area contributed by atoms with E-state index in [0.29, 0.717) is 23.7 Å².